The number of Topliss-reactive ketones (excluding diaryl/α,β-unsaturated/α-hetero) is 1. The predicted octanol–water partition coefficient (Wildman–Crippen LogP) is 3.91. The Hall–Kier alpha value is -1.55. The number of ether oxygens (including phenoxy) is 1. The van der Waals surface area contributed by atoms with Crippen LogP contribution in [0.2, 0.25) is 5.02 Å². The van der Waals surface area contributed by atoms with Gasteiger partial charge < -0.3 is 9.84 Å². The van der Waals surface area contributed by atoms with Crippen molar-refractivity contribution in [3.8, 4) is 5.75 Å². The van der Waals surface area contributed by atoms with Gasteiger partial charge in [0.1, 0.15) is 5.75 Å². The normalized spacial score (nSPS) is 10.7. The van der Waals surface area contributed by atoms with Gasteiger partial charge in [-0.2, -0.15) is 0 Å². The molecule has 0 heterocycles. The van der Waals surface area contributed by atoms with Crippen LogP contribution in [0.15, 0.2) is 12.1 Å². The van der Waals surface area contributed by atoms with Crippen LogP contribution in [0.25, 0.3) is 0 Å². The van der Waals surface area contributed by atoms with Crippen LogP contribution in [-0.2, 0) is 4.79 Å². The molecule has 110 valence electrons. The molecule has 1 aromatic rings. The Balaban J connectivity index is 3.03. The van der Waals surface area contributed by atoms with E-state index in [0.717, 1.165) is 5.56 Å². The minimum Gasteiger partial charge on any atom is -0.496 e. The van der Waals surface area contributed by atoms with Gasteiger partial charge in [-0.1, -0.05) is 25.4 Å². The lowest BCUT2D eigenvalue weighted by molar-refractivity contribution is -0.137. The van der Waals surface area contributed by atoms with E-state index in [9.17, 15) is 9.59 Å². The molecule has 0 radical (unpaired) electrons. The zero-order valence-electron chi connectivity index (χ0n) is 11.9. The first-order valence-electron chi connectivity index (χ1n) is 6.49. The van der Waals surface area contributed by atoms with E-state index < -0.39 is 5.97 Å². The minimum absolute atomic E-state index is 0.0222. The van der Waals surface area contributed by atoms with E-state index in [0.29, 0.717) is 22.8 Å². The number of aliphatic carboxylic acids is 1. The van der Waals surface area contributed by atoms with Crippen LogP contribution in [0.5, 0.6) is 5.75 Å². The predicted molar refractivity (Wildman–Crippen MR) is 77.9 cm³/mol. The number of ketones is 1. The summed E-state index contributed by atoms with van der Waals surface area (Å²) in [6, 6.07) is 3.37. The fourth-order valence-corrected chi connectivity index (χ4v) is 2.24. The Morgan fingerprint density at radius 2 is 1.95 bits per heavy atom. The number of carbonyl (C=O) groups excluding carboxylic acids is 1. The van der Waals surface area contributed by atoms with Crippen LogP contribution in [0.3, 0.4) is 0 Å². The standard InChI is InChI=1S/C15H19ClO4/c1-9(2)11-7-10(16)8-12(15(11)20-3)13(17)5-4-6-14(18)19/h7-9H,4-6H2,1-3H3,(H,18,19). The second-order valence-corrected chi connectivity index (χ2v) is 5.34. The summed E-state index contributed by atoms with van der Waals surface area (Å²) in [6.07, 6.45) is 0.451. The van der Waals surface area contributed by atoms with Gasteiger partial charge in [0.05, 0.1) is 12.7 Å². The Kier molecular flexibility index (Phi) is 6.02. The first kappa shape index (κ1) is 16.5. The summed E-state index contributed by atoms with van der Waals surface area (Å²) in [7, 11) is 1.52. The van der Waals surface area contributed by atoms with Gasteiger partial charge in [0.25, 0.3) is 0 Å². The van der Waals surface area contributed by atoms with E-state index in [1.807, 2.05) is 13.8 Å². The molecule has 0 aliphatic carbocycles. The van der Waals surface area contributed by atoms with Gasteiger partial charge >= 0.3 is 5.97 Å². The van der Waals surface area contributed by atoms with Gasteiger partial charge in [-0.3, -0.25) is 9.59 Å². The molecule has 1 rings (SSSR count). The lowest BCUT2D eigenvalue weighted by atomic mass is 9.95. The summed E-state index contributed by atoms with van der Waals surface area (Å²) in [5.41, 5.74) is 1.30. The van der Waals surface area contributed by atoms with Crippen LogP contribution in [0.1, 0.15) is 54.9 Å². The maximum absolute atomic E-state index is 12.2. The van der Waals surface area contributed by atoms with Crippen LogP contribution in [-0.4, -0.2) is 24.0 Å². The molecule has 0 aromatic heterocycles. The first-order chi connectivity index (χ1) is 9.36. The molecule has 0 aliphatic rings. The molecular formula is C15H19ClO4. The summed E-state index contributed by atoms with van der Waals surface area (Å²) < 4.78 is 5.35. The molecule has 0 bridgehead atoms. The van der Waals surface area contributed by atoms with E-state index in [2.05, 4.69) is 0 Å². The monoisotopic (exact) mass is 298 g/mol. The average molecular weight is 299 g/mol. The SMILES string of the molecule is COc1c(C(=O)CCCC(=O)O)cc(Cl)cc1C(C)C. The summed E-state index contributed by atoms with van der Waals surface area (Å²) in [5.74, 6) is -0.342. The molecule has 1 N–H and O–H groups in total. The lowest BCUT2D eigenvalue weighted by Crippen LogP contribution is -2.07. The molecule has 1 aromatic carbocycles. The minimum atomic E-state index is -0.904. The molecule has 0 fully saturated rings. The maximum atomic E-state index is 12.2. The second-order valence-electron chi connectivity index (χ2n) is 4.90. The first-order valence-corrected chi connectivity index (χ1v) is 6.87. The van der Waals surface area contributed by atoms with Crippen molar-refractivity contribution in [2.24, 2.45) is 0 Å². The van der Waals surface area contributed by atoms with Crippen molar-refractivity contribution in [3.63, 3.8) is 0 Å². The molecule has 0 spiro atoms. The van der Waals surface area contributed by atoms with E-state index in [-0.39, 0.29) is 24.5 Å². The molecule has 0 amide bonds. The van der Waals surface area contributed by atoms with Gasteiger partial charge in [-0.25, -0.2) is 0 Å². The lowest BCUT2D eigenvalue weighted by Gasteiger charge is -2.16. The molecule has 5 heteroatoms. The number of hydrogen-bond acceptors (Lipinski definition) is 3. The quantitative estimate of drug-likeness (QED) is 0.775. The number of hydrogen-bond donors (Lipinski definition) is 1. The number of carboxylic acid groups (broad SMARTS) is 1. The van der Waals surface area contributed by atoms with Crippen molar-refractivity contribution in [1.29, 1.82) is 0 Å². The van der Waals surface area contributed by atoms with Crippen molar-refractivity contribution in [1.82, 2.24) is 0 Å². The van der Waals surface area contributed by atoms with E-state index >= 15 is 0 Å². The summed E-state index contributed by atoms with van der Waals surface area (Å²) in [6.45, 7) is 3.99. The van der Waals surface area contributed by atoms with Crippen molar-refractivity contribution in [3.05, 3.63) is 28.3 Å². The smallest absolute Gasteiger partial charge is 0.303 e. The molecule has 0 aliphatic heterocycles. The summed E-state index contributed by atoms with van der Waals surface area (Å²) in [4.78, 5) is 22.7. The van der Waals surface area contributed by atoms with E-state index in [1.54, 1.807) is 12.1 Å². The highest BCUT2D eigenvalue weighted by Gasteiger charge is 2.19. The number of methoxy groups -OCH3 is 1. The van der Waals surface area contributed by atoms with Gasteiger partial charge in [0.2, 0.25) is 0 Å². The van der Waals surface area contributed by atoms with Crippen LogP contribution < -0.4 is 4.74 Å². The van der Waals surface area contributed by atoms with Crippen molar-refractivity contribution >= 4 is 23.4 Å². The van der Waals surface area contributed by atoms with Crippen LogP contribution >= 0.6 is 11.6 Å². The highest BCUT2D eigenvalue weighted by Crippen LogP contribution is 2.34. The van der Waals surface area contributed by atoms with E-state index in [4.69, 9.17) is 21.4 Å². The van der Waals surface area contributed by atoms with Gasteiger partial charge in [-0.15, -0.1) is 0 Å². The van der Waals surface area contributed by atoms with Gasteiger partial charge in [0, 0.05) is 17.9 Å². The highest BCUT2D eigenvalue weighted by atomic mass is 35.5. The summed E-state index contributed by atoms with van der Waals surface area (Å²) in [5, 5.41) is 9.08. The fraction of sp³-hybridized carbons (Fsp3) is 0.467. The van der Waals surface area contributed by atoms with Crippen LogP contribution in [0.4, 0.5) is 0 Å². The highest BCUT2D eigenvalue weighted by molar-refractivity contribution is 6.31. The van der Waals surface area contributed by atoms with E-state index in [1.165, 1.54) is 7.11 Å². The molecule has 20 heavy (non-hydrogen) atoms. The van der Waals surface area contributed by atoms with Crippen molar-refractivity contribution in [2.45, 2.75) is 39.0 Å². The Labute approximate surface area is 123 Å². The average Bonchev–Trinajstić information content (AvgIpc) is 2.36. The second kappa shape index (κ2) is 7.29. The molecule has 0 unspecified atom stereocenters. The van der Waals surface area contributed by atoms with Gasteiger partial charge in [0.15, 0.2) is 5.78 Å². The Morgan fingerprint density at radius 1 is 1.30 bits per heavy atom. The fourth-order valence-electron chi connectivity index (χ4n) is 2.01. The number of carboxylic acids is 1. The Bertz CT molecular complexity index is 509. The maximum Gasteiger partial charge on any atom is 0.303 e. The number of rotatable bonds is 7. The molecule has 0 atom stereocenters. The Morgan fingerprint density at radius 3 is 2.45 bits per heavy atom. The van der Waals surface area contributed by atoms with Crippen molar-refractivity contribution < 1.29 is 19.4 Å². The number of halogens is 1. The topological polar surface area (TPSA) is 63.6 Å². The number of carbonyl (C=O) groups is 2. The largest absolute Gasteiger partial charge is 0.496 e. The van der Waals surface area contributed by atoms with Gasteiger partial charge in [-0.05, 0) is 30.0 Å². The third kappa shape index (κ3) is 4.23. The molecular weight excluding hydrogens is 280 g/mol. The summed E-state index contributed by atoms with van der Waals surface area (Å²) >= 11 is 6.05. The molecule has 0 saturated heterocycles. The molecule has 0 saturated carbocycles. The zero-order valence-corrected chi connectivity index (χ0v) is 12.7. The third-order valence-corrected chi connectivity index (χ3v) is 3.22. The number of benzene rings is 1. The van der Waals surface area contributed by atoms with Crippen molar-refractivity contribution in [2.75, 3.05) is 7.11 Å². The third-order valence-electron chi connectivity index (χ3n) is 3.00. The van der Waals surface area contributed by atoms with Crippen LogP contribution in [0, 0.1) is 0 Å². The molecule has 4 nitrogen and oxygen atoms in total. The zero-order chi connectivity index (χ0) is 15.3.